The highest BCUT2D eigenvalue weighted by molar-refractivity contribution is 6.06. The normalized spacial score (nSPS) is 13.8. The van der Waals surface area contributed by atoms with Crippen LogP contribution >= 0.6 is 0 Å². The van der Waals surface area contributed by atoms with Crippen LogP contribution in [0.4, 0.5) is 5.69 Å². The first-order valence-electron chi connectivity index (χ1n) is 8.49. The number of carbonyl (C=O) groups is 2. The van der Waals surface area contributed by atoms with Crippen molar-refractivity contribution in [1.29, 1.82) is 0 Å². The molecule has 0 fully saturated rings. The third-order valence-electron chi connectivity index (χ3n) is 4.43. The third-order valence-corrected chi connectivity index (χ3v) is 4.43. The van der Waals surface area contributed by atoms with Gasteiger partial charge in [-0.05, 0) is 30.5 Å². The van der Waals surface area contributed by atoms with Crippen LogP contribution in [0.25, 0.3) is 0 Å². The fourth-order valence-electron chi connectivity index (χ4n) is 3.09. The molecular formula is C20H22N2O4. The van der Waals surface area contributed by atoms with Gasteiger partial charge in [-0.25, -0.2) is 9.78 Å². The van der Waals surface area contributed by atoms with Crippen LogP contribution in [0.5, 0.6) is 5.75 Å². The van der Waals surface area contributed by atoms with Gasteiger partial charge in [-0.2, -0.15) is 0 Å². The molecule has 136 valence electrons. The Morgan fingerprint density at radius 1 is 1.19 bits per heavy atom. The summed E-state index contributed by atoms with van der Waals surface area (Å²) in [5.74, 6) is -0.598. The summed E-state index contributed by atoms with van der Waals surface area (Å²) in [5.41, 5.74) is 2.28. The van der Waals surface area contributed by atoms with Crippen molar-refractivity contribution in [3.63, 3.8) is 0 Å². The van der Waals surface area contributed by atoms with Crippen molar-refractivity contribution in [3.05, 3.63) is 52.8 Å². The maximum atomic E-state index is 13.0. The molecule has 0 bridgehead atoms. The number of nitrogens with zero attached hydrogens (tertiary/aromatic N) is 2. The number of para-hydroxylation sites is 1. The molecule has 1 aliphatic heterocycles. The van der Waals surface area contributed by atoms with Gasteiger partial charge >= 0.3 is 5.97 Å². The zero-order valence-corrected chi connectivity index (χ0v) is 15.4. The van der Waals surface area contributed by atoms with Crippen molar-refractivity contribution >= 4 is 17.6 Å². The van der Waals surface area contributed by atoms with E-state index >= 15 is 0 Å². The van der Waals surface area contributed by atoms with E-state index in [1.165, 1.54) is 12.1 Å². The van der Waals surface area contributed by atoms with E-state index in [0.717, 1.165) is 17.0 Å². The smallest absolute Gasteiger partial charge is 0.337 e. The van der Waals surface area contributed by atoms with Gasteiger partial charge in [0.2, 0.25) is 0 Å². The van der Waals surface area contributed by atoms with Crippen molar-refractivity contribution in [2.24, 2.45) is 0 Å². The molecule has 26 heavy (non-hydrogen) atoms. The molecule has 0 radical (unpaired) electrons. The molecule has 0 unspecified atom stereocenters. The number of carbonyl (C=O) groups excluding carboxylic acids is 1. The average Bonchev–Trinajstić information content (AvgIpc) is 2.58. The van der Waals surface area contributed by atoms with Gasteiger partial charge in [-0.1, -0.05) is 32.9 Å². The number of aromatic nitrogens is 1. The molecule has 3 rings (SSSR count). The summed E-state index contributed by atoms with van der Waals surface area (Å²) in [5, 5.41) is 9.13. The Morgan fingerprint density at radius 2 is 1.92 bits per heavy atom. The van der Waals surface area contributed by atoms with Crippen LogP contribution in [0.1, 0.15) is 52.9 Å². The lowest BCUT2D eigenvalue weighted by atomic mass is 9.85. The van der Waals surface area contributed by atoms with Crippen LogP contribution in [-0.4, -0.2) is 35.1 Å². The number of carboxylic acids is 1. The number of hydrogen-bond acceptors (Lipinski definition) is 4. The van der Waals surface area contributed by atoms with E-state index in [4.69, 9.17) is 9.84 Å². The van der Waals surface area contributed by atoms with E-state index in [-0.39, 0.29) is 22.6 Å². The number of pyridine rings is 1. The Kier molecular flexibility index (Phi) is 4.44. The Hall–Kier alpha value is -2.89. The van der Waals surface area contributed by atoms with Gasteiger partial charge < -0.3 is 14.7 Å². The predicted molar refractivity (Wildman–Crippen MR) is 98.2 cm³/mol. The van der Waals surface area contributed by atoms with Crippen LogP contribution in [0.15, 0.2) is 30.3 Å². The second kappa shape index (κ2) is 6.44. The van der Waals surface area contributed by atoms with Crippen molar-refractivity contribution in [2.75, 3.05) is 18.1 Å². The number of hydrogen-bond donors (Lipinski definition) is 1. The lowest BCUT2D eigenvalue weighted by Crippen LogP contribution is -2.39. The largest absolute Gasteiger partial charge is 0.489 e. The van der Waals surface area contributed by atoms with Crippen molar-refractivity contribution in [2.45, 2.75) is 33.1 Å². The minimum Gasteiger partial charge on any atom is -0.489 e. The van der Waals surface area contributed by atoms with E-state index in [9.17, 15) is 9.59 Å². The summed E-state index contributed by atoms with van der Waals surface area (Å²) in [6.45, 7) is 8.71. The van der Waals surface area contributed by atoms with E-state index in [1.54, 1.807) is 11.8 Å². The van der Waals surface area contributed by atoms with E-state index < -0.39 is 5.97 Å². The van der Waals surface area contributed by atoms with Gasteiger partial charge in [0.25, 0.3) is 5.91 Å². The Bertz CT molecular complexity index is 884. The number of fused-ring (bicyclic) bond motifs is 1. The van der Waals surface area contributed by atoms with Crippen LogP contribution in [0.2, 0.25) is 0 Å². The molecule has 1 aromatic heterocycles. The number of aryl methyl sites for hydroxylation is 1. The minimum atomic E-state index is -1.06. The first-order chi connectivity index (χ1) is 12.2. The van der Waals surface area contributed by atoms with Crippen LogP contribution in [-0.2, 0) is 5.41 Å². The summed E-state index contributed by atoms with van der Waals surface area (Å²) in [6.07, 6.45) is 0. The second-order valence-electron chi connectivity index (χ2n) is 7.34. The van der Waals surface area contributed by atoms with Gasteiger partial charge in [0.1, 0.15) is 18.1 Å². The number of carboxylic acid groups (broad SMARTS) is 1. The summed E-state index contributed by atoms with van der Waals surface area (Å²) < 4.78 is 5.88. The lowest BCUT2D eigenvalue weighted by Gasteiger charge is -2.33. The highest BCUT2D eigenvalue weighted by Gasteiger charge is 2.30. The van der Waals surface area contributed by atoms with Crippen LogP contribution in [0.3, 0.4) is 0 Å². The summed E-state index contributed by atoms with van der Waals surface area (Å²) in [4.78, 5) is 30.0. The molecule has 1 amide bonds. The Balaban J connectivity index is 2.01. The van der Waals surface area contributed by atoms with Gasteiger partial charge in [0, 0.05) is 5.56 Å². The molecule has 1 aromatic carbocycles. The first-order valence-corrected chi connectivity index (χ1v) is 8.49. The molecule has 6 heteroatoms. The van der Waals surface area contributed by atoms with Gasteiger partial charge in [-0.15, -0.1) is 0 Å². The maximum absolute atomic E-state index is 13.0. The predicted octanol–water partition coefficient (Wildman–Crippen LogP) is 3.42. The average molecular weight is 354 g/mol. The quantitative estimate of drug-likeness (QED) is 0.894. The van der Waals surface area contributed by atoms with Gasteiger partial charge in [0.15, 0.2) is 0 Å². The molecule has 1 N–H and O–H groups in total. The van der Waals surface area contributed by atoms with Crippen molar-refractivity contribution in [1.82, 2.24) is 4.98 Å². The molecule has 0 spiro atoms. The number of benzene rings is 1. The Morgan fingerprint density at radius 3 is 2.54 bits per heavy atom. The van der Waals surface area contributed by atoms with Crippen LogP contribution in [0, 0.1) is 6.92 Å². The fourth-order valence-corrected chi connectivity index (χ4v) is 3.09. The SMILES string of the molecule is Cc1nc(C(=O)N2CCOc3c2cccc3C(C)(C)C)ccc1C(=O)O. The van der Waals surface area contributed by atoms with E-state index in [2.05, 4.69) is 25.8 Å². The van der Waals surface area contributed by atoms with E-state index in [1.807, 2.05) is 18.2 Å². The standard InChI is InChI=1S/C20H22N2O4/c1-12-13(19(24)25)8-9-15(21-12)18(23)22-10-11-26-17-14(20(2,3)4)6-5-7-16(17)22/h5-9H,10-11H2,1-4H3,(H,24,25). The summed E-state index contributed by atoms with van der Waals surface area (Å²) in [7, 11) is 0. The highest BCUT2D eigenvalue weighted by Crippen LogP contribution is 2.41. The second-order valence-corrected chi connectivity index (χ2v) is 7.34. The molecule has 2 aromatic rings. The molecule has 1 aliphatic rings. The highest BCUT2D eigenvalue weighted by atomic mass is 16.5. The number of aromatic carboxylic acids is 1. The monoisotopic (exact) mass is 354 g/mol. The number of rotatable bonds is 2. The molecule has 0 aliphatic carbocycles. The fraction of sp³-hybridized carbons (Fsp3) is 0.350. The Labute approximate surface area is 152 Å². The molecule has 0 atom stereocenters. The summed E-state index contributed by atoms with van der Waals surface area (Å²) in [6, 6.07) is 8.67. The minimum absolute atomic E-state index is 0.0962. The number of amides is 1. The van der Waals surface area contributed by atoms with Crippen molar-refractivity contribution in [3.8, 4) is 5.75 Å². The van der Waals surface area contributed by atoms with Gasteiger partial charge in [-0.3, -0.25) is 4.79 Å². The molecule has 0 saturated carbocycles. The first kappa shape index (κ1) is 17.9. The van der Waals surface area contributed by atoms with Crippen LogP contribution < -0.4 is 9.64 Å². The zero-order chi connectivity index (χ0) is 19.1. The third kappa shape index (κ3) is 3.14. The van der Waals surface area contributed by atoms with Crippen molar-refractivity contribution < 1.29 is 19.4 Å². The number of ether oxygens (including phenoxy) is 1. The van der Waals surface area contributed by atoms with E-state index in [0.29, 0.717) is 18.8 Å². The molecular weight excluding hydrogens is 332 g/mol. The van der Waals surface area contributed by atoms with Gasteiger partial charge in [0.05, 0.1) is 23.5 Å². The molecule has 6 nitrogen and oxygen atoms in total. The lowest BCUT2D eigenvalue weighted by molar-refractivity contribution is 0.0695. The topological polar surface area (TPSA) is 79.7 Å². The summed E-state index contributed by atoms with van der Waals surface area (Å²) >= 11 is 0. The molecule has 2 heterocycles. The number of anilines is 1. The zero-order valence-electron chi connectivity index (χ0n) is 15.4. The molecule has 0 saturated heterocycles. The maximum Gasteiger partial charge on any atom is 0.337 e.